The summed E-state index contributed by atoms with van der Waals surface area (Å²) in [6.07, 6.45) is 5.22. The lowest BCUT2D eigenvalue weighted by Crippen LogP contribution is -2.41. The first-order valence-electron chi connectivity index (χ1n) is 12.9. The number of nitrogens with zero attached hydrogens (tertiary/aromatic N) is 1. The van der Waals surface area contributed by atoms with Crippen molar-refractivity contribution in [1.82, 2.24) is 4.90 Å². The Morgan fingerprint density at radius 3 is 2.39 bits per heavy atom. The Bertz CT molecular complexity index is 1490. The molecule has 196 valence electrons. The predicted molar refractivity (Wildman–Crippen MR) is 150 cm³/mol. The number of nitrogens with two attached hydrogens (primary N) is 1. The second-order valence-corrected chi connectivity index (χ2v) is 10.9. The number of ether oxygens (including phenoxy) is 1. The molecule has 3 aromatic carbocycles. The van der Waals surface area contributed by atoms with Crippen LogP contribution in [0.3, 0.4) is 0 Å². The van der Waals surface area contributed by atoms with Crippen LogP contribution in [0.25, 0.3) is 21.2 Å². The Kier molecular flexibility index (Phi) is 7.47. The largest absolute Gasteiger partial charge is 0.496 e. The fraction of sp³-hybridized carbons (Fsp3) is 0.290. The molecule has 1 saturated carbocycles. The minimum atomic E-state index is -0.468. The van der Waals surface area contributed by atoms with Crippen LogP contribution in [0.4, 0.5) is 4.39 Å². The summed E-state index contributed by atoms with van der Waals surface area (Å²) in [6.45, 7) is 2.22. The van der Waals surface area contributed by atoms with Gasteiger partial charge < -0.3 is 15.4 Å². The van der Waals surface area contributed by atoms with Crippen molar-refractivity contribution >= 4 is 33.2 Å². The number of thiophene rings is 1. The molecule has 1 fully saturated rings. The Morgan fingerprint density at radius 2 is 1.74 bits per heavy atom. The van der Waals surface area contributed by atoms with Gasteiger partial charge in [-0.15, -0.1) is 11.3 Å². The van der Waals surface area contributed by atoms with Crippen LogP contribution < -0.4 is 10.5 Å². The minimum absolute atomic E-state index is 0.0618. The van der Waals surface area contributed by atoms with Crippen molar-refractivity contribution in [3.8, 4) is 16.9 Å². The van der Waals surface area contributed by atoms with Crippen LogP contribution in [0.15, 0.2) is 60.7 Å². The first kappa shape index (κ1) is 25.9. The standard InChI is InChI=1S/C31H31FN2O3S/c1-19-28-25(32)9-6-10-27(28)38-29(19)31(36)34(24-7-4-3-5-8-24)18-23-17-22(15-16-26(23)37-2)20-11-13-21(14-12-20)30(33)35/h6,9-17,24H,3-5,7-8,18H2,1-2H3,(H2,33,35). The summed E-state index contributed by atoms with van der Waals surface area (Å²) in [4.78, 5) is 28.2. The van der Waals surface area contributed by atoms with E-state index >= 15 is 0 Å². The highest BCUT2D eigenvalue weighted by Gasteiger charge is 2.30. The van der Waals surface area contributed by atoms with Gasteiger partial charge in [0.25, 0.3) is 5.91 Å². The molecule has 4 aromatic rings. The lowest BCUT2D eigenvalue weighted by molar-refractivity contribution is 0.0617. The number of hydrogen-bond acceptors (Lipinski definition) is 4. The van der Waals surface area contributed by atoms with Crippen molar-refractivity contribution in [2.75, 3.05) is 7.11 Å². The summed E-state index contributed by atoms with van der Waals surface area (Å²) >= 11 is 1.36. The normalized spacial score (nSPS) is 14.0. The lowest BCUT2D eigenvalue weighted by Gasteiger charge is -2.35. The molecule has 2 amide bonds. The third kappa shape index (κ3) is 5.03. The van der Waals surface area contributed by atoms with Crippen LogP contribution in [0, 0.1) is 12.7 Å². The van der Waals surface area contributed by atoms with Crippen LogP contribution >= 0.6 is 11.3 Å². The van der Waals surface area contributed by atoms with Gasteiger partial charge in [0, 0.05) is 33.8 Å². The average Bonchev–Trinajstić information content (AvgIpc) is 3.29. The smallest absolute Gasteiger partial charge is 0.264 e. The number of aryl methyl sites for hydroxylation is 1. The number of carbonyl (C=O) groups excluding carboxylic acids is 2. The lowest BCUT2D eigenvalue weighted by atomic mass is 9.93. The van der Waals surface area contributed by atoms with Gasteiger partial charge in [-0.25, -0.2) is 4.39 Å². The molecule has 0 spiro atoms. The monoisotopic (exact) mass is 530 g/mol. The van der Waals surface area contributed by atoms with Crippen molar-refractivity contribution in [1.29, 1.82) is 0 Å². The van der Waals surface area contributed by atoms with E-state index in [1.807, 2.05) is 48.2 Å². The van der Waals surface area contributed by atoms with Crippen LogP contribution in [0.2, 0.25) is 0 Å². The molecular formula is C31H31FN2O3S. The quantitative estimate of drug-likeness (QED) is 0.277. The zero-order chi connectivity index (χ0) is 26.8. The van der Waals surface area contributed by atoms with Crippen molar-refractivity contribution in [2.24, 2.45) is 5.73 Å². The molecule has 1 aliphatic rings. The minimum Gasteiger partial charge on any atom is -0.496 e. The fourth-order valence-electron chi connectivity index (χ4n) is 5.44. The van der Waals surface area contributed by atoms with Crippen LogP contribution in [0.5, 0.6) is 5.75 Å². The van der Waals surface area contributed by atoms with Crippen molar-refractivity contribution in [3.63, 3.8) is 0 Å². The highest BCUT2D eigenvalue weighted by atomic mass is 32.1. The van der Waals surface area contributed by atoms with Gasteiger partial charge in [-0.3, -0.25) is 9.59 Å². The zero-order valence-corrected chi connectivity index (χ0v) is 22.4. The number of benzene rings is 3. The van der Waals surface area contributed by atoms with Gasteiger partial charge in [-0.2, -0.15) is 0 Å². The number of carbonyl (C=O) groups is 2. The molecule has 0 unspecified atom stereocenters. The van der Waals surface area contributed by atoms with Gasteiger partial charge in [0.2, 0.25) is 5.91 Å². The first-order valence-corrected chi connectivity index (χ1v) is 13.7. The third-order valence-corrected chi connectivity index (χ3v) is 8.74. The molecule has 0 atom stereocenters. The van der Waals surface area contributed by atoms with Gasteiger partial charge in [0.1, 0.15) is 11.6 Å². The van der Waals surface area contributed by atoms with E-state index in [0.717, 1.165) is 47.1 Å². The number of hydrogen-bond donors (Lipinski definition) is 1. The molecule has 38 heavy (non-hydrogen) atoms. The van der Waals surface area contributed by atoms with Crippen LogP contribution in [-0.4, -0.2) is 29.9 Å². The Labute approximate surface area is 226 Å². The third-order valence-electron chi connectivity index (χ3n) is 7.50. The second-order valence-electron chi connectivity index (χ2n) is 9.86. The van der Waals surface area contributed by atoms with Crippen LogP contribution in [0.1, 0.15) is 63.3 Å². The van der Waals surface area contributed by atoms with E-state index in [1.54, 1.807) is 25.3 Å². The first-order chi connectivity index (χ1) is 18.4. The van der Waals surface area contributed by atoms with Crippen molar-refractivity contribution in [3.05, 3.63) is 88.0 Å². The van der Waals surface area contributed by atoms with Gasteiger partial charge in [0.15, 0.2) is 0 Å². The molecule has 0 bridgehead atoms. The van der Waals surface area contributed by atoms with Crippen molar-refractivity contribution in [2.45, 2.75) is 51.6 Å². The summed E-state index contributed by atoms with van der Waals surface area (Å²) in [6, 6.07) is 18.2. The molecule has 1 aliphatic carbocycles. The number of methoxy groups -OCH3 is 1. The van der Waals surface area contributed by atoms with E-state index in [9.17, 15) is 14.0 Å². The molecule has 2 N–H and O–H groups in total. The maximum absolute atomic E-state index is 14.6. The zero-order valence-electron chi connectivity index (χ0n) is 21.6. The summed E-state index contributed by atoms with van der Waals surface area (Å²) in [5, 5.41) is 0.531. The highest BCUT2D eigenvalue weighted by Crippen LogP contribution is 2.36. The van der Waals surface area contributed by atoms with E-state index in [2.05, 4.69) is 0 Å². The highest BCUT2D eigenvalue weighted by molar-refractivity contribution is 7.21. The predicted octanol–water partition coefficient (Wildman–Crippen LogP) is 7.10. The van der Waals surface area contributed by atoms with E-state index in [-0.39, 0.29) is 17.8 Å². The van der Waals surface area contributed by atoms with E-state index in [1.165, 1.54) is 23.8 Å². The second kappa shape index (κ2) is 11.0. The molecule has 0 radical (unpaired) electrons. The summed E-state index contributed by atoms with van der Waals surface area (Å²) in [7, 11) is 1.63. The van der Waals surface area contributed by atoms with Gasteiger partial charge in [-0.05, 0) is 72.9 Å². The molecule has 5 nitrogen and oxygen atoms in total. The molecule has 1 heterocycles. The number of primary amides is 1. The van der Waals surface area contributed by atoms with Gasteiger partial charge in [0.05, 0.1) is 12.0 Å². The molecule has 7 heteroatoms. The topological polar surface area (TPSA) is 72.6 Å². The molecule has 0 aliphatic heterocycles. The Balaban J connectivity index is 1.53. The maximum atomic E-state index is 14.6. The molecule has 5 rings (SSSR count). The van der Waals surface area contributed by atoms with E-state index < -0.39 is 5.91 Å². The van der Waals surface area contributed by atoms with Gasteiger partial charge >= 0.3 is 0 Å². The number of fused-ring (bicyclic) bond motifs is 1. The summed E-state index contributed by atoms with van der Waals surface area (Å²) in [5.41, 5.74) is 9.33. The fourth-order valence-corrected chi connectivity index (χ4v) is 6.62. The molecule has 1 aromatic heterocycles. The number of halogens is 1. The van der Waals surface area contributed by atoms with E-state index in [4.69, 9.17) is 10.5 Å². The summed E-state index contributed by atoms with van der Waals surface area (Å²) in [5.74, 6) is -0.121. The average molecular weight is 531 g/mol. The Morgan fingerprint density at radius 1 is 1.03 bits per heavy atom. The van der Waals surface area contributed by atoms with Crippen LogP contribution in [-0.2, 0) is 6.54 Å². The maximum Gasteiger partial charge on any atom is 0.264 e. The van der Waals surface area contributed by atoms with E-state index in [0.29, 0.717) is 33.7 Å². The molecule has 0 saturated heterocycles. The van der Waals surface area contributed by atoms with Gasteiger partial charge in [-0.1, -0.05) is 43.5 Å². The summed E-state index contributed by atoms with van der Waals surface area (Å²) < 4.78 is 21.1. The number of amides is 2. The Hall–Kier alpha value is -3.71. The molecular weight excluding hydrogens is 499 g/mol. The van der Waals surface area contributed by atoms with Crippen molar-refractivity contribution < 1.29 is 18.7 Å². The SMILES string of the molecule is COc1ccc(-c2ccc(C(N)=O)cc2)cc1CN(C(=O)c1sc2cccc(F)c2c1C)C1CCCCC1. The number of rotatable bonds is 7.